The predicted molar refractivity (Wildman–Crippen MR) is 68.4 cm³/mol. The van der Waals surface area contributed by atoms with Crippen LogP contribution in [0.25, 0.3) is 5.69 Å². The maximum absolute atomic E-state index is 9.19. The molecule has 1 aromatic heterocycles. The Labute approximate surface area is 106 Å². The van der Waals surface area contributed by atoms with Gasteiger partial charge in [0.2, 0.25) is 0 Å². The number of hydrogen-bond acceptors (Lipinski definition) is 4. The Morgan fingerprint density at radius 2 is 2.06 bits per heavy atom. The molecule has 3 N–H and O–H groups in total. The number of aromatic nitrogens is 2. The first-order valence-electron chi connectivity index (χ1n) is 5.88. The zero-order valence-electron chi connectivity index (χ0n) is 10.0. The van der Waals surface area contributed by atoms with Crippen molar-refractivity contribution in [3.63, 3.8) is 0 Å². The van der Waals surface area contributed by atoms with Crippen molar-refractivity contribution < 1.29 is 10.2 Å². The minimum absolute atomic E-state index is 0.226. The largest absolute Gasteiger partial charge is 0.394 e. The van der Waals surface area contributed by atoms with Gasteiger partial charge in [0.25, 0.3) is 0 Å². The maximum atomic E-state index is 9.19. The topological polar surface area (TPSA) is 70.3 Å². The molecule has 1 heterocycles. The molecule has 0 aliphatic carbocycles. The summed E-state index contributed by atoms with van der Waals surface area (Å²) in [6.07, 6.45) is 3.01. The van der Waals surface area contributed by atoms with E-state index in [1.54, 1.807) is 10.9 Å². The van der Waals surface area contributed by atoms with Crippen LogP contribution in [0.15, 0.2) is 42.7 Å². The highest BCUT2D eigenvalue weighted by molar-refractivity contribution is 5.30. The van der Waals surface area contributed by atoms with Gasteiger partial charge in [-0.2, -0.15) is 5.10 Å². The number of hydrogen-bond donors (Lipinski definition) is 3. The number of aliphatic hydroxyl groups excluding tert-OH is 2. The normalized spacial score (nSPS) is 12.6. The van der Waals surface area contributed by atoms with E-state index in [0.29, 0.717) is 13.1 Å². The van der Waals surface area contributed by atoms with E-state index in [-0.39, 0.29) is 6.61 Å². The van der Waals surface area contributed by atoms with Crippen LogP contribution in [0.2, 0.25) is 0 Å². The van der Waals surface area contributed by atoms with E-state index in [9.17, 15) is 5.11 Å². The first-order valence-corrected chi connectivity index (χ1v) is 5.88. The summed E-state index contributed by atoms with van der Waals surface area (Å²) in [7, 11) is 0. The number of nitrogens with zero attached hydrogens (tertiary/aromatic N) is 2. The Bertz CT molecular complexity index is 470. The Kier molecular flexibility index (Phi) is 4.46. The minimum atomic E-state index is -0.714. The molecule has 0 bridgehead atoms. The average Bonchev–Trinajstić information content (AvgIpc) is 2.88. The van der Waals surface area contributed by atoms with Crippen molar-refractivity contribution in [2.45, 2.75) is 12.6 Å². The third-order valence-electron chi connectivity index (χ3n) is 2.58. The van der Waals surface area contributed by atoms with E-state index in [2.05, 4.69) is 10.4 Å². The van der Waals surface area contributed by atoms with E-state index >= 15 is 0 Å². The molecule has 0 amide bonds. The van der Waals surface area contributed by atoms with Crippen molar-refractivity contribution in [1.29, 1.82) is 0 Å². The van der Waals surface area contributed by atoms with Crippen LogP contribution < -0.4 is 5.32 Å². The molecule has 1 atom stereocenters. The summed E-state index contributed by atoms with van der Waals surface area (Å²) < 4.78 is 1.81. The number of para-hydroxylation sites is 1. The molecule has 5 nitrogen and oxygen atoms in total. The van der Waals surface area contributed by atoms with Crippen LogP contribution in [0, 0.1) is 0 Å². The van der Waals surface area contributed by atoms with Crippen molar-refractivity contribution >= 4 is 0 Å². The fourth-order valence-electron chi connectivity index (χ4n) is 1.62. The fourth-order valence-corrected chi connectivity index (χ4v) is 1.62. The van der Waals surface area contributed by atoms with Crippen LogP contribution in [-0.4, -0.2) is 39.2 Å². The van der Waals surface area contributed by atoms with Crippen molar-refractivity contribution in [1.82, 2.24) is 15.1 Å². The second-order valence-corrected chi connectivity index (χ2v) is 4.10. The van der Waals surface area contributed by atoms with Gasteiger partial charge in [-0.1, -0.05) is 18.2 Å². The molecule has 1 unspecified atom stereocenters. The summed E-state index contributed by atoms with van der Waals surface area (Å²) in [5, 5.41) is 25.2. The van der Waals surface area contributed by atoms with Gasteiger partial charge < -0.3 is 15.5 Å². The molecular formula is C13H17N3O2. The summed E-state index contributed by atoms with van der Waals surface area (Å²) in [6, 6.07) is 9.87. The predicted octanol–water partition coefficient (Wildman–Crippen LogP) is 0.315. The van der Waals surface area contributed by atoms with Gasteiger partial charge in [-0.25, -0.2) is 4.68 Å². The molecule has 0 radical (unpaired) electrons. The number of rotatable bonds is 6. The lowest BCUT2D eigenvalue weighted by Crippen LogP contribution is -2.28. The molecule has 0 aliphatic rings. The molecule has 0 spiro atoms. The standard InChI is InChI=1S/C13H17N3O2/c17-10-13(18)8-14-6-11-7-15-16(9-11)12-4-2-1-3-5-12/h1-5,7,9,13-14,17-18H,6,8,10H2. The molecule has 96 valence electrons. The molecule has 2 aromatic rings. The van der Waals surface area contributed by atoms with Crippen LogP contribution in [0.3, 0.4) is 0 Å². The monoisotopic (exact) mass is 247 g/mol. The third kappa shape index (κ3) is 3.40. The van der Waals surface area contributed by atoms with Crippen molar-refractivity contribution in [3.8, 4) is 5.69 Å². The molecule has 0 fully saturated rings. The fraction of sp³-hybridized carbons (Fsp3) is 0.308. The van der Waals surface area contributed by atoms with E-state index < -0.39 is 6.10 Å². The van der Waals surface area contributed by atoms with Gasteiger partial charge in [-0.05, 0) is 12.1 Å². The van der Waals surface area contributed by atoms with Crippen LogP contribution in [0.5, 0.6) is 0 Å². The van der Waals surface area contributed by atoms with E-state index in [1.807, 2.05) is 36.5 Å². The SMILES string of the molecule is OCC(O)CNCc1cnn(-c2ccccc2)c1. The first kappa shape index (κ1) is 12.8. The Balaban J connectivity index is 1.91. The lowest BCUT2D eigenvalue weighted by atomic mass is 10.3. The van der Waals surface area contributed by atoms with Crippen LogP contribution in [-0.2, 0) is 6.54 Å². The number of aliphatic hydroxyl groups is 2. The molecule has 18 heavy (non-hydrogen) atoms. The van der Waals surface area contributed by atoms with Gasteiger partial charge in [0.05, 0.1) is 24.6 Å². The Morgan fingerprint density at radius 3 is 2.78 bits per heavy atom. The van der Waals surface area contributed by atoms with E-state index in [4.69, 9.17) is 5.11 Å². The molecule has 0 saturated carbocycles. The summed E-state index contributed by atoms with van der Waals surface area (Å²) in [5.74, 6) is 0. The summed E-state index contributed by atoms with van der Waals surface area (Å²) in [6.45, 7) is 0.757. The number of benzene rings is 1. The molecule has 1 aromatic carbocycles. The van der Waals surface area contributed by atoms with Crippen LogP contribution in [0.4, 0.5) is 0 Å². The smallest absolute Gasteiger partial charge is 0.0895 e. The summed E-state index contributed by atoms with van der Waals surface area (Å²) in [4.78, 5) is 0. The summed E-state index contributed by atoms with van der Waals surface area (Å²) >= 11 is 0. The summed E-state index contributed by atoms with van der Waals surface area (Å²) in [5.41, 5.74) is 2.04. The highest BCUT2D eigenvalue weighted by Crippen LogP contribution is 2.07. The molecule has 2 rings (SSSR count). The molecular weight excluding hydrogens is 230 g/mol. The zero-order chi connectivity index (χ0) is 12.8. The lowest BCUT2D eigenvalue weighted by molar-refractivity contribution is 0.0942. The van der Waals surface area contributed by atoms with Gasteiger partial charge in [0.15, 0.2) is 0 Å². The minimum Gasteiger partial charge on any atom is -0.394 e. The van der Waals surface area contributed by atoms with Crippen LogP contribution >= 0.6 is 0 Å². The van der Waals surface area contributed by atoms with Gasteiger partial charge in [0.1, 0.15) is 0 Å². The molecule has 0 aliphatic heterocycles. The van der Waals surface area contributed by atoms with Gasteiger partial charge >= 0.3 is 0 Å². The van der Waals surface area contributed by atoms with Crippen molar-refractivity contribution in [3.05, 3.63) is 48.3 Å². The molecule has 0 saturated heterocycles. The average molecular weight is 247 g/mol. The van der Waals surface area contributed by atoms with E-state index in [0.717, 1.165) is 11.3 Å². The number of nitrogens with one attached hydrogen (secondary N) is 1. The highest BCUT2D eigenvalue weighted by atomic mass is 16.3. The Morgan fingerprint density at radius 1 is 1.28 bits per heavy atom. The quantitative estimate of drug-likeness (QED) is 0.687. The van der Waals surface area contributed by atoms with Gasteiger partial charge in [-0.3, -0.25) is 0 Å². The third-order valence-corrected chi connectivity index (χ3v) is 2.58. The zero-order valence-corrected chi connectivity index (χ0v) is 10.0. The van der Waals surface area contributed by atoms with Gasteiger partial charge in [-0.15, -0.1) is 0 Å². The first-order chi connectivity index (χ1) is 8.79. The maximum Gasteiger partial charge on any atom is 0.0895 e. The second kappa shape index (κ2) is 6.30. The second-order valence-electron chi connectivity index (χ2n) is 4.10. The van der Waals surface area contributed by atoms with Crippen LogP contribution in [0.1, 0.15) is 5.56 Å². The van der Waals surface area contributed by atoms with E-state index in [1.165, 1.54) is 0 Å². The highest BCUT2D eigenvalue weighted by Gasteiger charge is 2.03. The van der Waals surface area contributed by atoms with Crippen molar-refractivity contribution in [2.24, 2.45) is 0 Å². The van der Waals surface area contributed by atoms with Gasteiger partial charge in [0, 0.05) is 24.8 Å². The molecule has 5 heteroatoms. The Hall–Kier alpha value is -1.69. The van der Waals surface area contributed by atoms with Crippen molar-refractivity contribution in [2.75, 3.05) is 13.2 Å². The lowest BCUT2D eigenvalue weighted by Gasteiger charge is -2.07.